The SMILES string of the molecule is CN(CC(C)(C)CN)C(=O)Cc1cccc(F)c1.Cl. The van der Waals surface area contributed by atoms with Crippen molar-refractivity contribution in [2.75, 3.05) is 20.1 Å². The summed E-state index contributed by atoms with van der Waals surface area (Å²) in [6.45, 7) is 5.14. The van der Waals surface area contributed by atoms with Crippen LogP contribution in [0.25, 0.3) is 0 Å². The quantitative estimate of drug-likeness (QED) is 0.903. The van der Waals surface area contributed by atoms with Gasteiger partial charge in [0, 0.05) is 13.6 Å². The highest BCUT2D eigenvalue weighted by atomic mass is 35.5. The number of nitrogens with zero attached hydrogens (tertiary/aromatic N) is 1. The van der Waals surface area contributed by atoms with Crippen molar-refractivity contribution in [3.05, 3.63) is 35.6 Å². The lowest BCUT2D eigenvalue weighted by Gasteiger charge is -2.29. The first-order chi connectivity index (χ1) is 8.34. The summed E-state index contributed by atoms with van der Waals surface area (Å²) in [5.74, 6) is -0.340. The van der Waals surface area contributed by atoms with Crippen molar-refractivity contribution in [1.29, 1.82) is 0 Å². The van der Waals surface area contributed by atoms with E-state index >= 15 is 0 Å². The Labute approximate surface area is 120 Å². The standard InChI is InChI=1S/C14H21FN2O.ClH/c1-14(2,9-16)10-17(3)13(18)8-11-5-4-6-12(15)7-11;/h4-7H,8-10,16H2,1-3H3;1H. The molecule has 19 heavy (non-hydrogen) atoms. The minimum atomic E-state index is -0.315. The van der Waals surface area contributed by atoms with Crippen LogP contribution < -0.4 is 5.73 Å². The second kappa shape index (κ2) is 7.46. The molecule has 0 unspecified atom stereocenters. The Hall–Kier alpha value is -1.13. The van der Waals surface area contributed by atoms with Gasteiger partial charge in [-0.2, -0.15) is 0 Å². The third-order valence-corrected chi connectivity index (χ3v) is 2.89. The van der Waals surface area contributed by atoms with Gasteiger partial charge in [-0.05, 0) is 29.7 Å². The molecular formula is C14H22ClFN2O. The third-order valence-electron chi connectivity index (χ3n) is 2.89. The van der Waals surface area contributed by atoms with Crippen LogP contribution in [0.2, 0.25) is 0 Å². The van der Waals surface area contributed by atoms with Crippen molar-refractivity contribution in [2.45, 2.75) is 20.3 Å². The van der Waals surface area contributed by atoms with Crippen molar-refractivity contribution in [3.8, 4) is 0 Å². The molecule has 0 bridgehead atoms. The van der Waals surface area contributed by atoms with Crippen LogP contribution in [-0.2, 0) is 11.2 Å². The van der Waals surface area contributed by atoms with E-state index in [0.29, 0.717) is 18.7 Å². The molecular weight excluding hydrogens is 267 g/mol. The molecule has 108 valence electrons. The molecule has 0 atom stereocenters. The molecule has 1 aromatic carbocycles. The number of nitrogens with two attached hydrogens (primary N) is 1. The van der Waals surface area contributed by atoms with Gasteiger partial charge >= 0.3 is 0 Å². The van der Waals surface area contributed by atoms with E-state index in [9.17, 15) is 9.18 Å². The predicted molar refractivity (Wildman–Crippen MR) is 77.8 cm³/mol. The molecule has 0 aliphatic heterocycles. The highest BCUT2D eigenvalue weighted by molar-refractivity contribution is 5.85. The molecule has 3 nitrogen and oxygen atoms in total. The van der Waals surface area contributed by atoms with Crippen molar-refractivity contribution in [2.24, 2.45) is 11.1 Å². The van der Waals surface area contributed by atoms with E-state index < -0.39 is 0 Å². The fraction of sp³-hybridized carbons (Fsp3) is 0.500. The van der Waals surface area contributed by atoms with Gasteiger partial charge in [-0.3, -0.25) is 4.79 Å². The lowest BCUT2D eigenvalue weighted by Crippen LogP contribution is -2.40. The van der Waals surface area contributed by atoms with Crippen molar-refractivity contribution < 1.29 is 9.18 Å². The van der Waals surface area contributed by atoms with Gasteiger partial charge in [0.05, 0.1) is 6.42 Å². The summed E-state index contributed by atoms with van der Waals surface area (Å²) >= 11 is 0. The zero-order valence-electron chi connectivity index (χ0n) is 11.6. The Morgan fingerprint density at radius 1 is 1.42 bits per heavy atom. The van der Waals surface area contributed by atoms with Gasteiger partial charge in [-0.15, -0.1) is 12.4 Å². The van der Waals surface area contributed by atoms with Gasteiger partial charge in [0.15, 0.2) is 0 Å². The summed E-state index contributed by atoms with van der Waals surface area (Å²) in [5.41, 5.74) is 6.23. The summed E-state index contributed by atoms with van der Waals surface area (Å²) in [6.07, 6.45) is 0.217. The maximum Gasteiger partial charge on any atom is 0.226 e. The molecule has 0 spiro atoms. The Bertz CT molecular complexity index is 424. The zero-order chi connectivity index (χ0) is 13.8. The van der Waals surface area contributed by atoms with Gasteiger partial charge < -0.3 is 10.6 Å². The molecule has 0 radical (unpaired) electrons. The van der Waals surface area contributed by atoms with E-state index in [-0.39, 0.29) is 36.0 Å². The van der Waals surface area contributed by atoms with Crippen LogP contribution in [0, 0.1) is 11.2 Å². The van der Waals surface area contributed by atoms with E-state index in [2.05, 4.69) is 0 Å². The second-order valence-corrected chi connectivity index (χ2v) is 5.42. The average molecular weight is 289 g/mol. The lowest BCUT2D eigenvalue weighted by molar-refractivity contribution is -0.130. The number of hydrogen-bond donors (Lipinski definition) is 1. The molecule has 0 saturated carbocycles. The Kier molecular flexibility index (Phi) is 7.01. The summed E-state index contributed by atoms with van der Waals surface area (Å²) in [4.78, 5) is 13.6. The first-order valence-electron chi connectivity index (χ1n) is 6.02. The van der Waals surface area contributed by atoms with Gasteiger partial charge in [0.25, 0.3) is 0 Å². The first-order valence-corrected chi connectivity index (χ1v) is 6.02. The van der Waals surface area contributed by atoms with Gasteiger partial charge in [-0.25, -0.2) is 4.39 Å². The Morgan fingerprint density at radius 2 is 2.05 bits per heavy atom. The number of amides is 1. The summed E-state index contributed by atoms with van der Waals surface area (Å²) in [6, 6.07) is 6.12. The number of carbonyl (C=O) groups is 1. The van der Waals surface area contributed by atoms with Crippen LogP contribution in [0.15, 0.2) is 24.3 Å². The summed E-state index contributed by atoms with van der Waals surface area (Å²) < 4.78 is 13.0. The second-order valence-electron chi connectivity index (χ2n) is 5.42. The molecule has 1 aromatic rings. The van der Waals surface area contributed by atoms with Crippen LogP contribution in [0.3, 0.4) is 0 Å². The van der Waals surface area contributed by atoms with E-state index in [1.165, 1.54) is 12.1 Å². The number of hydrogen-bond acceptors (Lipinski definition) is 2. The highest BCUT2D eigenvalue weighted by Gasteiger charge is 2.21. The molecule has 5 heteroatoms. The third kappa shape index (κ3) is 6.03. The molecule has 1 rings (SSSR count). The van der Waals surface area contributed by atoms with Crippen LogP contribution in [0.1, 0.15) is 19.4 Å². The average Bonchev–Trinajstić information content (AvgIpc) is 2.28. The lowest BCUT2D eigenvalue weighted by atomic mass is 9.93. The summed E-state index contributed by atoms with van der Waals surface area (Å²) in [7, 11) is 1.75. The molecule has 0 saturated heterocycles. The van der Waals surface area contributed by atoms with Crippen LogP contribution in [0.4, 0.5) is 4.39 Å². The fourth-order valence-corrected chi connectivity index (χ4v) is 1.75. The number of likely N-dealkylation sites (N-methyl/N-ethyl adjacent to an activating group) is 1. The van der Waals surface area contributed by atoms with Gasteiger partial charge in [0.2, 0.25) is 5.91 Å². The number of benzene rings is 1. The monoisotopic (exact) mass is 288 g/mol. The maximum absolute atomic E-state index is 13.0. The molecule has 2 N–H and O–H groups in total. The van der Waals surface area contributed by atoms with E-state index in [4.69, 9.17) is 5.73 Å². The summed E-state index contributed by atoms with van der Waals surface area (Å²) in [5, 5.41) is 0. The van der Waals surface area contributed by atoms with Crippen LogP contribution in [0.5, 0.6) is 0 Å². The number of carbonyl (C=O) groups excluding carboxylic acids is 1. The topological polar surface area (TPSA) is 46.3 Å². The normalized spacial score (nSPS) is 10.8. The Morgan fingerprint density at radius 3 is 2.58 bits per heavy atom. The maximum atomic E-state index is 13.0. The largest absolute Gasteiger partial charge is 0.345 e. The minimum absolute atomic E-state index is 0. The number of halogens is 2. The van der Waals surface area contributed by atoms with E-state index in [1.807, 2.05) is 13.8 Å². The minimum Gasteiger partial charge on any atom is -0.345 e. The molecule has 0 aliphatic carbocycles. The molecule has 0 fully saturated rings. The van der Waals surface area contributed by atoms with Crippen molar-refractivity contribution in [1.82, 2.24) is 4.90 Å². The van der Waals surface area contributed by atoms with Gasteiger partial charge in [-0.1, -0.05) is 26.0 Å². The molecule has 0 aromatic heterocycles. The predicted octanol–water partition coefficient (Wildman–Crippen LogP) is 2.23. The first kappa shape index (κ1) is 17.9. The number of rotatable bonds is 5. The van der Waals surface area contributed by atoms with Crippen LogP contribution in [-0.4, -0.2) is 30.9 Å². The van der Waals surface area contributed by atoms with Gasteiger partial charge in [0.1, 0.15) is 5.82 Å². The van der Waals surface area contributed by atoms with Crippen LogP contribution >= 0.6 is 12.4 Å². The van der Waals surface area contributed by atoms with Crippen molar-refractivity contribution in [3.63, 3.8) is 0 Å². The molecule has 0 heterocycles. The van der Waals surface area contributed by atoms with Crippen molar-refractivity contribution >= 4 is 18.3 Å². The van der Waals surface area contributed by atoms with E-state index in [1.54, 1.807) is 24.1 Å². The fourth-order valence-electron chi connectivity index (χ4n) is 1.75. The smallest absolute Gasteiger partial charge is 0.226 e. The zero-order valence-corrected chi connectivity index (χ0v) is 12.5. The molecule has 1 amide bonds. The highest BCUT2D eigenvalue weighted by Crippen LogP contribution is 2.15. The van der Waals surface area contributed by atoms with E-state index in [0.717, 1.165) is 0 Å². The molecule has 0 aliphatic rings. The Balaban J connectivity index is 0.00000324.